The number of H-pyrrole nitrogens is 1. The Labute approximate surface area is 107 Å². The normalized spacial score (nSPS) is 10.4. The third-order valence-corrected chi connectivity index (χ3v) is 2.04. The molecule has 0 atom stereocenters. The Morgan fingerprint density at radius 2 is 2.24 bits per heavy atom. The summed E-state index contributed by atoms with van der Waals surface area (Å²) < 4.78 is 10.7. The fourth-order valence-electron chi connectivity index (χ4n) is 1.33. The van der Waals surface area contributed by atoms with Crippen molar-refractivity contribution in [3.05, 3.63) is 26.6 Å². The molecule has 8 nitrogen and oxygen atoms in total. The first-order valence-electron chi connectivity index (χ1n) is 4.47. The van der Waals surface area contributed by atoms with Crippen LogP contribution in [0, 0.1) is 0 Å². The predicted octanol–water partition coefficient (Wildman–Crippen LogP) is -2.99. The minimum atomic E-state index is -0.685. The molecule has 2 rings (SSSR count). The summed E-state index contributed by atoms with van der Waals surface area (Å²) in [6.07, 6.45) is 0. The van der Waals surface area contributed by atoms with Gasteiger partial charge in [0.05, 0.1) is 13.2 Å². The first-order chi connectivity index (χ1) is 7.63. The summed E-state index contributed by atoms with van der Waals surface area (Å²) in [6, 6.07) is 0. The summed E-state index contributed by atoms with van der Waals surface area (Å²) in [5.41, 5.74) is 6.51. The number of rotatable bonds is 3. The Balaban J connectivity index is 0.00000144. The molecule has 0 unspecified atom stereocenters. The molecule has 9 heteroatoms. The van der Waals surface area contributed by atoms with Crippen molar-refractivity contribution in [3.63, 3.8) is 0 Å². The summed E-state index contributed by atoms with van der Waals surface area (Å²) in [6.45, 7) is 0.509. The second kappa shape index (κ2) is 5.22. The second-order valence-electron chi connectivity index (χ2n) is 3.08. The summed E-state index contributed by atoms with van der Waals surface area (Å²) >= 11 is 0. The fraction of sp³-hybridized carbons (Fsp3) is 0.375. The van der Waals surface area contributed by atoms with E-state index in [2.05, 4.69) is 9.97 Å². The molecule has 0 bridgehead atoms. The van der Waals surface area contributed by atoms with E-state index in [4.69, 9.17) is 14.9 Å². The van der Waals surface area contributed by atoms with E-state index in [1.807, 2.05) is 0 Å². The average molecular weight is 232 g/mol. The van der Waals surface area contributed by atoms with Crippen LogP contribution in [0.1, 0.15) is 0 Å². The molecule has 0 radical (unpaired) electrons. The number of oxazole rings is 1. The molecule has 2 aromatic heterocycles. The van der Waals surface area contributed by atoms with Crippen LogP contribution in [0.4, 0.5) is 5.95 Å². The minimum Gasteiger partial charge on any atom is -0.411 e. The van der Waals surface area contributed by atoms with Gasteiger partial charge in [-0.3, -0.25) is 9.36 Å². The molecule has 0 aromatic carbocycles. The van der Waals surface area contributed by atoms with Crippen LogP contribution in [0.5, 0.6) is 0 Å². The van der Waals surface area contributed by atoms with Gasteiger partial charge >= 0.3 is 24.6 Å². The van der Waals surface area contributed by atoms with Gasteiger partial charge in [0.15, 0.2) is 0 Å². The Bertz CT molecular complexity index is 628. The van der Waals surface area contributed by atoms with E-state index in [0.717, 1.165) is 4.57 Å². The van der Waals surface area contributed by atoms with E-state index in [1.165, 1.54) is 7.11 Å². The molecule has 0 amide bonds. The van der Waals surface area contributed by atoms with Crippen LogP contribution in [-0.4, -0.2) is 28.3 Å². The third kappa shape index (κ3) is 2.44. The van der Waals surface area contributed by atoms with Crippen molar-refractivity contribution in [1.29, 1.82) is 0 Å². The molecule has 0 spiro atoms. The Morgan fingerprint density at radius 3 is 2.88 bits per heavy atom. The minimum absolute atomic E-state index is 0. The summed E-state index contributed by atoms with van der Waals surface area (Å²) in [5.74, 6) is -1.000. The van der Waals surface area contributed by atoms with Crippen LogP contribution in [-0.2, 0) is 11.3 Å². The summed E-state index contributed by atoms with van der Waals surface area (Å²) in [4.78, 5) is 28.6. The first kappa shape index (κ1) is 13.6. The molecule has 2 heterocycles. The molecule has 0 fully saturated rings. The molecule has 17 heavy (non-hydrogen) atoms. The zero-order valence-electron chi connectivity index (χ0n) is 9.44. The van der Waals surface area contributed by atoms with Crippen LogP contribution in [0.2, 0.25) is 0 Å². The number of ether oxygens (including phenoxy) is 1. The Morgan fingerprint density at radius 1 is 1.53 bits per heavy atom. The van der Waals surface area contributed by atoms with Crippen LogP contribution >= 0.6 is 0 Å². The van der Waals surface area contributed by atoms with Crippen molar-refractivity contribution in [2.75, 3.05) is 13.7 Å². The average Bonchev–Trinajstić information content (AvgIpc) is 2.53. The third-order valence-electron chi connectivity index (χ3n) is 2.04. The molecule has 86 valence electrons. The smallest absolute Gasteiger partial charge is 0.411 e. The van der Waals surface area contributed by atoms with Crippen molar-refractivity contribution in [1.82, 2.24) is 14.5 Å². The van der Waals surface area contributed by atoms with Crippen LogP contribution in [0.25, 0.3) is 17.0 Å². The molecule has 0 aliphatic heterocycles. The molecular formula is C8H9LiN4O4. The van der Waals surface area contributed by atoms with E-state index >= 15 is 0 Å². The van der Waals surface area contributed by atoms with Crippen molar-refractivity contribution >= 4 is 17.2 Å². The second-order valence-corrected chi connectivity index (χ2v) is 3.08. The Kier molecular flexibility index (Phi) is 4.17. The maximum Gasteiger partial charge on any atom is 1.00 e. The zero-order valence-corrected chi connectivity index (χ0v) is 9.44. The first-order valence-corrected chi connectivity index (χ1v) is 4.47. The summed E-state index contributed by atoms with van der Waals surface area (Å²) in [7, 11) is 1.49. The molecule has 2 N–H and O–H groups in total. The molecule has 0 aliphatic carbocycles. The number of methoxy groups -OCH3 is 1. The van der Waals surface area contributed by atoms with E-state index in [1.54, 1.807) is 0 Å². The maximum atomic E-state index is 11.4. The number of hydrogen-bond acceptors (Lipinski definition) is 5. The zero-order chi connectivity index (χ0) is 11.7. The van der Waals surface area contributed by atoms with Crippen LogP contribution < -0.4 is 30.2 Å². The molecule has 2 aromatic rings. The van der Waals surface area contributed by atoms with Gasteiger partial charge in [0, 0.05) is 13.1 Å². The van der Waals surface area contributed by atoms with Gasteiger partial charge in [-0.05, 0) is 0 Å². The maximum absolute atomic E-state index is 11.4. The van der Waals surface area contributed by atoms with Gasteiger partial charge in [-0.1, -0.05) is 0 Å². The number of nitrogens with one attached hydrogen (secondary N) is 2. The van der Waals surface area contributed by atoms with Crippen LogP contribution in [0.15, 0.2) is 14.0 Å². The van der Waals surface area contributed by atoms with Gasteiger partial charge in [0.2, 0.25) is 11.1 Å². The van der Waals surface area contributed by atoms with Gasteiger partial charge in [-0.2, -0.15) is 0 Å². The SMILES string of the molecule is COCCn1c(=O)oc2c(=O)[nH]c([NH-])nc21.[Li+]. The van der Waals surface area contributed by atoms with Crippen LogP contribution in [0.3, 0.4) is 0 Å². The molecule has 0 saturated carbocycles. The number of hydrogen-bond donors (Lipinski definition) is 1. The largest absolute Gasteiger partial charge is 1.00 e. The van der Waals surface area contributed by atoms with E-state index in [0.29, 0.717) is 0 Å². The monoisotopic (exact) mass is 232 g/mol. The van der Waals surface area contributed by atoms with Crippen molar-refractivity contribution in [2.45, 2.75) is 6.54 Å². The van der Waals surface area contributed by atoms with E-state index in [-0.39, 0.29) is 49.2 Å². The van der Waals surface area contributed by atoms with Crippen molar-refractivity contribution in [2.24, 2.45) is 0 Å². The molecule has 0 aliphatic rings. The number of aromatic amines is 1. The molecule has 0 saturated heterocycles. The van der Waals surface area contributed by atoms with E-state index in [9.17, 15) is 9.59 Å². The number of nitrogens with zero attached hydrogens (tertiary/aromatic N) is 2. The fourth-order valence-corrected chi connectivity index (χ4v) is 1.33. The summed E-state index contributed by atoms with van der Waals surface area (Å²) in [5, 5.41) is 0. The Hall–Kier alpha value is -1.49. The van der Waals surface area contributed by atoms with Crippen molar-refractivity contribution < 1.29 is 28.0 Å². The van der Waals surface area contributed by atoms with Gasteiger partial charge in [-0.15, -0.1) is 0 Å². The van der Waals surface area contributed by atoms with Gasteiger partial charge in [0.1, 0.15) is 5.65 Å². The van der Waals surface area contributed by atoms with Gasteiger partial charge in [0.25, 0.3) is 0 Å². The van der Waals surface area contributed by atoms with Gasteiger partial charge in [-0.25, -0.2) is 4.79 Å². The van der Waals surface area contributed by atoms with E-state index < -0.39 is 11.3 Å². The molecular weight excluding hydrogens is 223 g/mol. The quantitative estimate of drug-likeness (QED) is 0.567. The number of aromatic nitrogens is 3. The van der Waals surface area contributed by atoms with Gasteiger partial charge < -0.3 is 24.9 Å². The topological polar surface area (TPSA) is 114 Å². The van der Waals surface area contributed by atoms with Crippen molar-refractivity contribution in [3.8, 4) is 0 Å². The number of fused-ring (bicyclic) bond motifs is 1. The standard InChI is InChI=1S/C8H10N4O4.Li/c1-15-3-2-12-5-4(16-8(12)14)6(13)11-7(9)10-5;/h2-3H2,1H3,(H3,9,10,11,13);/q;+1/p-1. The predicted molar refractivity (Wildman–Crippen MR) is 54.7 cm³/mol.